The Bertz CT molecular complexity index is 371. The summed E-state index contributed by atoms with van der Waals surface area (Å²) in [5.74, 6) is 0.892. The standard InChI is InChI=1S/C15H24BrNO2/c1-4-8-17-14(11-19-9-5-2)13-7-6-12(16)10-15(13)18-3/h6-7,10,14,17H,4-5,8-9,11H2,1-3H3. The van der Waals surface area contributed by atoms with Crippen LogP contribution in [0.4, 0.5) is 0 Å². The lowest BCUT2D eigenvalue weighted by Gasteiger charge is -2.21. The van der Waals surface area contributed by atoms with Gasteiger partial charge in [-0.05, 0) is 31.5 Å². The Labute approximate surface area is 124 Å². The number of hydrogen-bond acceptors (Lipinski definition) is 3. The molecule has 1 aromatic rings. The second-order valence-corrected chi connectivity index (χ2v) is 5.38. The van der Waals surface area contributed by atoms with Crippen molar-refractivity contribution in [3.8, 4) is 5.75 Å². The van der Waals surface area contributed by atoms with Crippen LogP contribution in [-0.2, 0) is 4.74 Å². The third-order valence-electron chi connectivity index (χ3n) is 2.84. The molecule has 1 rings (SSSR count). The molecule has 3 nitrogen and oxygen atoms in total. The number of nitrogens with one attached hydrogen (secondary N) is 1. The predicted octanol–water partition coefficient (Wildman–Crippen LogP) is 3.93. The van der Waals surface area contributed by atoms with Gasteiger partial charge in [0.1, 0.15) is 5.75 Å². The van der Waals surface area contributed by atoms with Crippen molar-refractivity contribution in [1.82, 2.24) is 5.32 Å². The summed E-state index contributed by atoms with van der Waals surface area (Å²) in [5, 5.41) is 3.52. The smallest absolute Gasteiger partial charge is 0.124 e. The number of ether oxygens (including phenoxy) is 2. The normalized spacial score (nSPS) is 12.4. The van der Waals surface area contributed by atoms with E-state index in [9.17, 15) is 0 Å². The molecule has 0 bridgehead atoms. The molecule has 0 spiro atoms. The molecular formula is C15H24BrNO2. The number of benzene rings is 1. The second kappa shape index (κ2) is 9.34. The molecule has 1 unspecified atom stereocenters. The average Bonchev–Trinajstić information content (AvgIpc) is 2.43. The van der Waals surface area contributed by atoms with Gasteiger partial charge in [0.05, 0.1) is 19.8 Å². The zero-order chi connectivity index (χ0) is 14.1. The molecule has 4 heteroatoms. The van der Waals surface area contributed by atoms with Gasteiger partial charge in [-0.3, -0.25) is 0 Å². The summed E-state index contributed by atoms with van der Waals surface area (Å²) >= 11 is 3.47. The molecule has 0 heterocycles. The van der Waals surface area contributed by atoms with E-state index in [0.717, 1.165) is 41.8 Å². The number of methoxy groups -OCH3 is 1. The average molecular weight is 330 g/mol. The van der Waals surface area contributed by atoms with Crippen LogP contribution < -0.4 is 10.1 Å². The largest absolute Gasteiger partial charge is 0.496 e. The molecule has 0 radical (unpaired) electrons. The van der Waals surface area contributed by atoms with E-state index in [-0.39, 0.29) is 6.04 Å². The van der Waals surface area contributed by atoms with E-state index in [1.807, 2.05) is 12.1 Å². The van der Waals surface area contributed by atoms with Crippen molar-refractivity contribution in [1.29, 1.82) is 0 Å². The minimum atomic E-state index is 0.176. The molecule has 0 aliphatic heterocycles. The van der Waals surface area contributed by atoms with Crippen LogP contribution in [-0.4, -0.2) is 26.9 Å². The lowest BCUT2D eigenvalue weighted by Crippen LogP contribution is -2.27. The van der Waals surface area contributed by atoms with Crippen LogP contribution in [0.1, 0.15) is 38.3 Å². The zero-order valence-electron chi connectivity index (χ0n) is 12.0. The Morgan fingerprint density at radius 2 is 2.05 bits per heavy atom. The minimum absolute atomic E-state index is 0.176. The first-order chi connectivity index (χ1) is 9.22. The van der Waals surface area contributed by atoms with Crippen molar-refractivity contribution in [2.75, 3.05) is 26.9 Å². The van der Waals surface area contributed by atoms with Gasteiger partial charge in [0, 0.05) is 16.6 Å². The van der Waals surface area contributed by atoms with Crippen molar-refractivity contribution >= 4 is 15.9 Å². The van der Waals surface area contributed by atoms with E-state index in [1.54, 1.807) is 7.11 Å². The summed E-state index contributed by atoms with van der Waals surface area (Å²) < 4.78 is 12.2. The Kier molecular flexibility index (Phi) is 8.10. The highest BCUT2D eigenvalue weighted by Crippen LogP contribution is 2.28. The quantitative estimate of drug-likeness (QED) is 0.696. The fourth-order valence-corrected chi connectivity index (χ4v) is 2.24. The third kappa shape index (κ3) is 5.51. The first-order valence-corrected chi connectivity index (χ1v) is 7.66. The van der Waals surface area contributed by atoms with E-state index >= 15 is 0 Å². The lowest BCUT2D eigenvalue weighted by molar-refractivity contribution is 0.111. The van der Waals surface area contributed by atoms with Crippen molar-refractivity contribution in [3.63, 3.8) is 0 Å². The molecule has 108 valence electrons. The topological polar surface area (TPSA) is 30.5 Å². The number of hydrogen-bond donors (Lipinski definition) is 1. The molecule has 0 saturated heterocycles. The van der Waals surface area contributed by atoms with Gasteiger partial charge in [-0.15, -0.1) is 0 Å². The molecule has 0 fully saturated rings. The van der Waals surface area contributed by atoms with E-state index < -0.39 is 0 Å². The predicted molar refractivity (Wildman–Crippen MR) is 82.8 cm³/mol. The molecular weight excluding hydrogens is 306 g/mol. The Balaban J connectivity index is 2.82. The van der Waals surface area contributed by atoms with Crippen LogP contribution in [0.3, 0.4) is 0 Å². The van der Waals surface area contributed by atoms with Crippen LogP contribution in [0.5, 0.6) is 5.75 Å². The third-order valence-corrected chi connectivity index (χ3v) is 3.34. The van der Waals surface area contributed by atoms with E-state index in [1.165, 1.54) is 0 Å². The molecule has 1 atom stereocenters. The Morgan fingerprint density at radius 1 is 1.26 bits per heavy atom. The Hall–Kier alpha value is -0.580. The fourth-order valence-electron chi connectivity index (χ4n) is 1.90. The highest BCUT2D eigenvalue weighted by Gasteiger charge is 2.16. The van der Waals surface area contributed by atoms with E-state index in [4.69, 9.17) is 9.47 Å². The molecule has 0 aliphatic rings. The van der Waals surface area contributed by atoms with Gasteiger partial charge in [0.2, 0.25) is 0 Å². The van der Waals surface area contributed by atoms with Crippen LogP contribution in [0.15, 0.2) is 22.7 Å². The van der Waals surface area contributed by atoms with Gasteiger partial charge < -0.3 is 14.8 Å². The van der Waals surface area contributed by atoms with Gasteiger partial charge in [-0.2, -0.15) is 0 Å². The first kappa shape index (κ1) is 16.5. The molecule has 1 N–H and O–H groups in total. The fraction of sp³-hybridized carbons (Fsp3) is 0.600. The van der Waals surface area contributed by atoms with Crippen LogP contribution in [0.2, 0.25) is 0 Å². The highest BCUT2D eigenvalue weighted by atomic mass is 79.9. The highest BCUT2D eigenvalue weighted by molar-refractivity contribution is 9.10. The van der Waals surface area contributed by atoms with Crippen molar-refractivity contribution < 1.29 is 9.47 Å². The summed E-state index contributed by atoms with van der Waals surface area (Å²) in [6.45, 7) is 6.72. The second-order valence-electron chi connectivity index (χ2n) is 4.47. The zero-order valence-corrected chi connectivity index (χ0v) is 13.6. The van der Waals surface area contributed by atoms with Gasteiger partial charge in [0.15, 0.2) is 0 Å². The van der Waals surface area contributed by atoms with Gasteiger partial charge >= 0.3 is 0 Å². The number of rotatable bonds is 9. The monoisotopic (exact) mass is 329 g/mol. The van der Waals surface area contributed by atoms with Crippen molar-refractivity contribution in [2.24, 2.45) is 0 Å². The van der Waals surface area contributed by atoms with Crippen molar-refractivity contribution in [3.05, 3.63) is 28.2 Å². The minimum Gasteiger partial charge on any atom is -0.496 e. The SMILES string of the molecule is CCCNC(COCCC)c1ccc(Br)cc1OC. The van der Waals surface area contributed by atoms with Crippen LogP contribution >= 0.6 is 15.9 Å². The summed E-state index contributed by atoms with van der Waals surface area (Å²) in [5.41, 5.74) is 1.15. The Morgan fingerprint density at radius 3 is 2.68 bits per heavy atom. The maximum absolute atomic E-state index is 5.70. The molecule has 0 aromatic heterocycles. The molecule has 0 saturated carbocycles. The van der Waals surface area contributed by atoms with Crippen LogP contribution in [0, 0.1) is 0 Å². The summed E-state index contributed by atoms with van der Waals surface area (Å²) in [6, 6.07) is 6.30. The maximum atomic E-state index is 5.70. The molecule has 0 amide bonds. The van der Waals surface area contributed by atoms with Gasteiger partial charge in [-0.25, -0.2) is 0 Å². The van der Waals surface area contributed by atoms with E-state index in [2.05, 4.69) is 41.2 Å². The lowest BCUT2D eigenvalue weighted by atomic mass is 10.1. The number of halogens is 1. The van der Waals surface area contributed by atoms with Gasteiger partial charge in [-0.1, -0.05) is 35.8 Å². The molecule has 1 aromatic carbocycles. The summed E-state index contributed by atoms with van der Waals surface area (Å²) in [7, 11) is 1.70. The molecule has 19 heavy (non-hydrogen) atoms. The maximum Gasteiger partial charge on any atom is 0.124 e. The summed E-state index contributed by atoms with van der Waals surface area (Å²) in [6.07, 6.45) is 2.14. The first-order valence-electron chi connectivity index (χ1n) is 6.87. The molecule has 0 aliphatic carbocycles. The van der Waals surface area contributed by atoms with Crippen LogP contribution in [0.25, 0.3) is 0 Å². The van der Waals surface area contributed by atoms with Crippen molar-refractivity contribution in [2.45, 2.75) is 32.7 Å². The van der Waals surface area contributed by atoms with E-state index in [0.29, 0.717) is 6.61 Å². The van der Waals surface area contributed by atoms with Gasteiger partial charge in [0.25, 0.3) is 0 Å². The summed E-state index contributed by atoms with van der Waals surface area (Å²) in [4.78, 5) is 0.